The fourth-order valence-corrected chi connectivity index (χ4v) is 4.10. The van der Waals surface area contributed by atoms with E-state index < -0.39 is 17.7 Å². The van der Waals surface area contributed by atoms with E-state index in [-0.39, 0.29) is 21.9 Å². The monoisotopic (exact) mass is 487 g/mol. The van der Waals surface area contributed by atoms with Crippen molar-refractivity contribution in [2.24, 2.45) is 0 Å². The first-order valence-corrected chi connectivity index (χ1v) is 11.7. The summed E-state index contributed by atoms with van der Waals surface area (Å²) in [7, 11) is 1.58. The summed E-state index contributed by atoms with van der Waals surface area (Å²) < 4.78 is 16.3. The maximum absolute atomic E-state index is 13.1. The molecule has 1 fully saturated rings. The summed E-state index contributed by atoms with van der Waals surface area (Å²) >= 11 is 6.36. The quantitative estimate of drug-likeness (QED) is 0.208. The molecule has 1 atom stereocenters. The van der Waals surface area contributed by atoms with E-state index in [9.17, 15) is 14.7 Å². The Morgan fingerprint density at radius 1 is 1.03 bits per heavy atom. The summed E-state index contributed by atoms with van der Waals surface area (Å²) in [6.45, 7) is 5.60. The highest BCUT2D eigenvalue weighted by molar-refractivity contribution is 6.47. The predicted octanol–water partition coefficient (Wildman–Crippen LogP) is 4.99. The smallest absolute Gasteiger partial charge is 0.295 e. The first-order valence-electron chi connectivity index (χ1n) is 11.4. The summed E-state index contributed by atoms with van der Waals surface area (Å²) in [5.41, 5.74) is 0.898. The molecule has 2 aromatic carbocycles. The number of amides is 1. The van der Waals surface area contributed by atoms with Crippen molar-refractivity contribution < 1.29 is 28.9 Å². The average molecular weight is 488 g/mol. The first kappa shape index (κ1) is 25.6. The number of nitrogens with zero attached hydrogens (tertiary/aromatic N) is 1. The molecule has 0 aromatic heterocycles. The van der Waals surface area contributed by atoms with Crippen LogP contribution in [0.2, 0.25) is 5.02 Å². The maximum atomic E-state index is 13.1. The van der Waals surface area contributed by atoms with Crippen LogP contribution in [-0.2, 0) is 14.3 Å². The summed E-state index contributed by atoms with van der Waals surface area (Å²) in [6.07, 6.45) is 1.42. The molecule has 1 N–H and O–H groups in total. The van der Waals surface area contributed by atoms with Gasteiger partial charge in [0.1, 0.15) is 17.3 Å². The molecule has 0 bridgehead atoms. The van der Waals surface area contributed by atoms with Gasteiger partial charge < -0.3 is 24.2 Å². The van der Waals surface area contributed by atoms with Gasteiger partial charge in [-0.3, -0.25) is 9.59 Å². The van der Waals surface area contributed by atoms with Crippen molar-refractivity contribution >= 4 is 29.1 Å². The summed E-state index contributed by atoms with van der Waals surface area (Å²) in [6, 6.07) is 11.3. The molecule has 0 saturated carbocycles. The number of ether oxygens (including phenoxy) is 3. The van der Waals surface area contributed by atoms with E-state index in [1.165, 1.54) is 4.90 Å². The number of halogens is 1. The lowest BCUT2D eigenvalue weighted by Crippen LogP contribution is -2.31. The molecule has 8 heteroatoms. The number of hydrogen-bond acceptors (Lipinski definition) is 6. The highest BCUT2D eigenvalue weighted by atomic mass is 35.5. The number of carbonyl (C=O) groups excluding carboxylic acids is 2. The number of methoxy groups -OCH3 is 1. The number of ketones is 1. The van der Waals surface area contributed by atoms with E-state index >= 15 is 0 Å². The van der Waals surface area contributed by atoms with E-state index in [2.05, 4.69) is 0 Å². The van der Waals surface area contributed by atoms with Crippen LogP contribution < -0.4 is 9.47 Å². The molecule has 3 rings (SSSR count). The molecule has 1 saturated heterocycles. The molecule has 0 spiro atoms. The van der Waals surface area contributed by atoms with Gasteiger partial charge in [-0.1, -0.05) is 30.7 Å². The minimum atomic E-state index is -0.774. The molecule has 0 radical (unpaired) electrons. The minimum Gasteiger partial charge on any atom is -0.507 e. The maximum Gasteiger partial charge on any atom is 0.295 e. The van der Waals surface area contributed by atoms with Crippen LogP contribution in [-0.4, -0.2) is 55.2 Å². The van der Waals surface area contributed by atoms with Crippen LogP contribution in [0.15, 0.2) is 48.0 Å². The molecular weight excluding hydrogens is 458 g/mol. The third-order valence-electron chi connectivity index (χ3n) is 5.46. The number of rotatable bonds is 11. The van der Waals surface area contributed by atoms with Crippen LogP contribution in [0.3, 0.4) is 0 Å². The van der Waals surface area contributed by atoms with Crippen LogP contribution in [0.1, 0.15) is 43.9 Å². The third-order valence-corrected chi connectivity index (χ3v) is 5.79. The van der Waals surface area contributed by atoms with Gasteiger partial charge in [-0.2, -0.15) is 0 Å². The zero-order valence-electron chi connectivity index (χ0n) is 19.7. The molecule has 7 nitrogen and oxygen atoms in total. The van der Waals surface area contributed by atoms with Gasteiger partial charge in [0.05, 0.1) is 29.9 Å². The normalized spacial score (nSPS) is 17.3. The minimum absolute atomic E-state index is 0.0137. The van der Waals surface area contributed by atoms with Crippen LogP contribution in [0.5, 0.6) is 11.5 Å². The van der Waals surface area contributed by atoms with Crippen molar-refractivity contribution in [3.63, 3.8) is 0 Å². The predicted molar refractivity (Wildman–Crippen MR) is 130 cm³/mol. The molecule has 1 heterocycles. The van der Waals surface area contributed by atoms with Crippen molar-refractivity contribution in [1.82, 2.24) is 4.90 Å². The topological polar surface area (TPSA) is 85.3 Å². The van der Waals surface area contributed by atoms with Gasteiger partial charge in [0.2, 0.25) is 0 Å². The fraction of sp³-hybridized carbons (Fsp3) is 0.385. The van der Waals surface area contributed by atoms with Crippen LogP contribution in [0.4, 0.5) is 0 Å². The van der Waals surface area contributed by atoms with Gasteiger partial charge in [0.25, 0.3) is 11.7 Å². The SMILES string of the molecule is CCCOc1ccc(C2/C(=C(\O)c3cc(OCC)ccc3Cl)C(=O)C(=O)N2CCCOC)cc1. The number of aliphatic hydroxyl groups is 1. The Morgan fingerprint density at radius 2 is 1.74 bits per heavy atom. The molecule has 1 unspecified atom stereocenters. The van der Waals surface area contributed by atoms with Gasteiger partial charge in [0.15, 0.2) is 0 Å². The van der Waals surface area contributed by atoms with E-state index in [1.54, 1.807) is 49.6 Å². The second kappa shape index (κ2) is 11.9. The Kier molecular flexibility index (Phi) is 8.96. The largest absolute Gasteiger partial charge is 0.507 e. The lowest BCUT2D eigenvalue weighted by atomic mass is 9.95. The number of benzene rings is 2. The van der Waals surface area contributed by atoms with Gasteiger partial charge in [-0.25, -0.2) is 0 Å². The highest BCUT2D eigenvalue weighted by Gasteiger charge is 2.46. The first-order chi connectivity index (χ1) is 16.4. The standard InChI is InChI=1S/C26H30ClNO6/c1-4-14-34-18-9-7-17(8-10-18)23-22(25(30)26(31)28(23)13-6-15-32-3)24(29)20-16-19(33-5-2)11-12-21(20)27/h7-12,16,23,29H,4-6,13-15H2,1-3H3/b24-22+. The third kappa shape index (κ3) is 5.54. The Hall–Kier alpha value is -3.03. The number of hydrogen-bond donors (Lipinski definition) is 1. The van der Waals surface area contributed by atoms with Crippen LogP contribution in [0.25, 0.3) is 5.76 Å². The van der Waals surface area contributed by atoms with E-state index in [0.717, 1.165) is 6.42 Å². The molecule has 1 amide bonds. The van der Waals surface area contributed by atoms with Crippen molar-refractivity contribution in [2.45, 2.75) is 32.7 Å². The van der Waals surface area contributed by atoms with Gasteiger partial charge >= 0.3 is 0 Å². The summed E-state index contributed by atoms with van der Waals surface area (Å²) in [4.78, 5) is 27.6. The number of carbonyl (C=O) groups is 2. The Bertz CT molecular complexity index is 1050. The van der Waals surface area contributed by atoms with Gasteiger partial charge in [-0.15, -0.1) is 0 Å². The molecule has 2 aromatic rings. The average Bonchev–Trinajstić information content (AvgIpc) is 3.09. The molecular formula is C26H30ClNO6. The van der Waals surface area contributed by atoms with Gasteiger partial charge in [-0.05, 0) is 55.7 Å². The van der Waals surface area contributed by atoms with Crippen LogP contribution >= 0.6 is 11.6 Å². The second-order valence-electron chi connectivity index (χ2n) is 7.83. The summed E-state index contributed by atoms with van der Waals surface area (Å²) in [5.74, 6) is -0.586. The molecule has 34 heavy (non-hydrogen) atoms. The number of likely N-dealkylation sites (tertiary alicyclic amines) is 1. The van der Waals surface area contributed by atoms with Gasteiger partial charge in [0, 0.05) is 25.8 Å². The Balaban J connectivity index is 2.10. The summed E-state index contributed by atoms with van der Waals surface area (Å²) in [5, 5.41) is 11.5. The number of aliphatic hydroxyl groups excluding tert-OH is 1. The second-order valence-corrected chi connectivity index (χ2v) is 8.24. The lowest BCUT2D eigenvalue weighted by Gasteiger charge is -2.25. The van der Waals surface area contributed by atoms with E-state index in [1.807, 2.05) is 13.8 Å². The fourth-order valence-electron chi connectivity index (χ4n) is 3.89. The highest BCUT2D eigenvalue weighted by Crippen LogP contribution is 2.41. The molecule has 0 aliphatic carbocycles. The van der Waals surface area contributed by atoms with E-state index in [4.69, 9.17) is 25.8 Å². The molecule has 1 aliphatic rings. The van der Waals surface area contributed by atoms with E-state index in [0.29, 0.717) is 49.8 Å². The van der Waals surface area contributed by atoms with Crippen molar-refractivity contribution in [3.8, 4) is 11.5 Å². The number of Topliss-reactive ketones (excluding diaryl/α,β-unsaturated/α-hetero) is 1. The Morgan fingerprint density at radius 3 is 2.38 bits per heavy atom. The van der Waals surface area contributed by atoms with Crippen molar-refractivity contribution in [3.05, 3.63) is 64.2 Å². The lowest BCUT2D eigenvalue weighted by molar-refractivity contribution is -0.140. The molecule has 182 valence electrons. The van der Waals surface area contributed by atoms with Crippen LogP contribution in [0, 0.1) is 0 Å². The van der Waals surface area contributed by atoms with Crippen molar-refractivity contribution in [2.75, 3.05) is 33.5 Å². The zero-order valence-corrected chi connectivity index (χ0v) is 20.4. The molecule has 1 aliphatic heterocycles. The zero-order chi connectivity index (χ0) is 24.7. The Labute approximate surface area is 204 Å². The van der Waals surface area contributed by atoms with Crippen molar-refractivity contribution in [1.29, 1.82) is 0 Å².